The third-order valence-electron chi connectivity index (χ3n) is 3.85. The summed E-state index contributed by atoms with van der Waals surface area (Å²) >= 11 is 5.99. The lowest BCUT2D eigenvalue weighted by atomic mass is 9.96. The number of hydrogen-bond donors (Lipinski definition) is 1. The molecule has 0 saturated carbocycles. The van der Waals surface area contributed by atoms with Gasteiger partial charge in [-0.25, -0.2) is 9.65 Å². The monoisotopic (exact) mass is 385 g/mol. The number of carbonyl (C=O) groups excluding carboxylic acids is 1. The van der Waals surface area contributed by atoms with Crippen molar-refractivity contribution in [3.8, 4) is 0 Å². The predicted molar refractivity (Wildman–Crippen MR) is 100 cm³/mol. The Morgan fingerprint density at radius 2 is 2.20 bits per heavy atom. The van der Waals surface area contributed by atoms with Crippen molar-refractivity contribution in [2.24, 2.45) is 5.92 Å². The van der Waals surface area contributed by atoms with Gasteiger partial charge in [0.25, 0.3) is 0 Å². The fourth-order valence-electron chi connectivity index (χ4n) is 2.57. The van der Waals surface area contributed by atoms with Crippen molar-refractivity contribution in [3.63, 3.8) is 0 Å². The van der Waals surface area contributed by atoms with E-state index in [-0.39, 0.29) is 6.61 Å². The molecule has 2 atom stereocenters. The second-order valence-corrected chi connectivity index (χ2v) is 9.56. The summed E-state index contributed by atoms with van der Waals surface area (Å²) in [6, 6.07) is 0. The topological polar surface area (TPSA) is 64.6 Å². The van der Waals surface area contributed by atoms with Crippen LogP contribution in [0.3, 0.4) is 0 Å². The Morgan fingerprint density at radius 3 is 2.84 bits per heavy atom. The van der Waals surface area contributed by atoms with Crippen LogP contribution in [0.5, 0.6) is 0 Å². The van der Waals surface area contributed by atoms with E-state index in [0.29, 0.717) is 11.7 Å². The number of esters is 1. The molecule has 138 valence electrons. The summed E-state index contributed by atoms with van der Waals surface area (Å²) in [4.78, 5) is 12.4. The first kappa shape index (κ1) is 20.0. The van der Waals surface area contributed by atoms with Crippen LogP contribution in [0.2, 0.25) is 0 Å². The van der Waals surface area contributed by atoms with Gasteiger partial charge in [-0.1, -0.05) is 31.2 Å². The van der Waals surface area contributed by atoms with E-state index in [4.69, 9.17) is 20.5 Å². The minimum absolute atomic E-state index is 0.208. The fourth-order valence-corrected chi connectivity index (χ4v) is 4.66. The lowest BCUT2D eigenvalue weighted by Crippen LogP contribution is -2.45. The highest BCUT2D eigenvalue weighted by atomic mass is 35.7. The zero-order chi connectivity index (χ0) is 18.5. The molecule has 0 spiro atoms. The number of halogens is 1. The van der Waals surface area contributed by atoms with Gasteiger partial charge in [-0.2, -0.15) is 0 Å². The van der Waals surface area contributed by atoms with Crippen LogP contribution in [0.1, 0.15) is 40.0 Å². The molecule has 2 aliphatic carbocycles. The van der Waals surface area contributed by atoms with Gasteiger partial charge in [0.15, 0.2) is 0 Å². The molecule has 25 heavy (non-hydrogen) atoms. The number of allylic oxidation sites excluding steroid dienone is 6. The maximum atomic E-state index is 12.5. The highest BCUT2D eigenvalue weighted by Gasteiger charge is 2.38. The molecule has 0 amide bonds. The molecular formula is C18H25ClNO4P. The number of nitrogens with one attached hydrogen (secondary N) is 1. The molecule has 7 heteroatoms. The van der Waals surface area contributed by atoms with Crippen LogP contribution in [-0.4, -0.2) is 18.1 Å². The van der Waals surface area contributed by atoms with E-state index in [1.807, 2.05) is 24.3 Å². The minimum Gasteiger partial charge on any atom is -0.460 e. The summed E-state index contributed by atoms with van der Waals surface area (Å²) in [5.74, 6) is 0.334. The van der Waals surface area contributed by atoms with Gasteiger partial charge in [-0.15, -0.1) is 0 Å². The van der Waals surface area contributed by atoms with Gasteiger partial charge in [0, 0.05) is 11.2 Å². The fraction of sp³-hybridized carbons (Fsp3) is 0.500. The van der Waals surface area contributed by atoms with Crippen LogP contribution in [-0.2, 0) is 18.6 Å². The van der Waals surface area contributed by atoms with Crippen LogP contribution in [0.15, 0.2) is 47.8 Å². The van der Waals surface area contributed by atoms with E-state index < -0.39 is 18.4 Å². The maximum absolute atomic E-state index is 12.5. The first-order valence-electron chi connectivity index (χ1n) is 8.37. The Bertz CT molecular complexity index is 679. The molecule has 1 N–H and O–H groups in total. The lowest BCUT2D eigenvalue weighted by molar-refractivity contribution is -0.148. The van der Waals surface area contributed by atoms with E-state index in [1.54, 1.807) is 19.9 Å². The molecule has 0 aliphatic heterocycles. The zero-order valence-corrected chi connectivity index (χ0v) is 16.5. The van der Waals surface area contributed by atoms with Crippen molar-refractivity contribution in [3.05, 3.63) is 47.8 Å². The van der Waals surface area contributed by atoms with Gasteiger partial charge in [0.05, 0.1) is 0 Å². The second kappa shape index (κ2) is 8.39. The molecule has 2 aliphatic rings. The van der Waals surface area contributed by atoms with Gasteiger partial charge in [0.2, 0.25) is 0 Å². The van der Waals surface area contributed by atoms with E-state index in [0.717, 1.165) is 24.8 Å². The summed E-state index contributed by atoms with van der Waals surface area (Å²) < 4.78 is 23.2. The van der Waals surface area contributed by atoms with Crippen molar-refractivity contribution in [2.75, 3.05) is 6.61 Å². The number of rotatable bonds is 7. The number of carbonyl (C=O) groups is 1. The molecule has 0 fully saturated rings. The number of hydrogen-bond acceptors (Lipinski definition) is 4. The van der Waals surface area contributed by atoms with Crippen molar-refractivity contribution < 1.29 is 18.6 Å². The summed E-state index contributed by atoms with van der Waals surface area (Å²) in [7, 11) is 0. The van der Waals surface area contributed by atoms with Crippen LogP contribution >= 0.6 is 18.1 Å². The number of ether oxygens (including phenoxy) is 1. The molecular weight excluding hydrogens is 361 g/mol. The molecule has 5 nitrogen and oxygen atoms in total. The molecule has 0 heterocycles. The molecule has 0 radical (unpaired) electrons. The van der Waals surface area contributed by atoms with Crippen molar-refractivity contribution in [1.29, 1.82) is 0 Å². The summed E-state index contributed by atoms with van der Waals surface area (Å²) in [6.45, 7) is 1.72. The average Bonchev–Trinajstić information content (AvgIpc) is 2.52. The third kappa shape index (κ3) is 6.50. The van der Waals surface area contributed by atoms with Gasteiger partial charge >= 0.3 is 12.8 Å². The first-order valence-corrected chi connectivity index (χ1v) is 10.9. The molecule has 0 aromatic heterocycles. The SMILES string of the molecule is CC1C=CC=C(COC(=O)C(C)(C)NP(=O)(Cl)OC2=CCCC=C2)C1. The normalized spacial score (nSPS) is 22.6. The highest BCUT2D eigenvalue weighted by molar-refractivity contribution is 7.83. The highest BCUT2D eigenvalue weighted by Crippen LogP contribution is 2.52. The smallest absolute Gasteiger partial charge is 0.410 e. The van der Waals surface area contributed by atoms with Crippen LogP contribution in [0, 0.1) is 5.92 Å². The van der Waals surface area contributed by atoms with Crippen molar-refractivity contribution in [2.45, 2.75) is 45.6 Å². The van der Waals surface area contributed by atoms with Gasteiger partial charge in [-0.3, -0.25) is 4.79 Å². The summed E-state index contributed by atoms with van der Waals surface area (Å²) in [6.07, 6.45) is 14.0. The van der Waals surface area contributed by atoms with E-state index >= 15 is 0 Å². The minimum atomic E-state index is -3.73. The van der Waals surface area contributed by atoms with E-state index in [2.05, 4.69) is 18.1 Å². The van der Waals surface area contributed by atoms with Crippen LogP contribution in [0.4, 0.5) is 0 Å². The Balaban J connectivity index is 1.90. The van der Waals surface area contributed by atoms with Gasteiger partial charge < -0.3 is 9.26 Å². The zero-order valence-electron chi connectivity index (χ0n) is 14.8. The maximum Gasteiger partial charge on any atom is 0.410 e. The molecule has 2 rings (SSSR count). The molecule has 0 bridgehead atoms. The molecule has 0 saturated heterocycles. The predicted octanol–water partition coefficient (Wildman–Crippen LogP) is 5.02. The Morgan fingerprint density at radius 1 is 1.44 bits per heavy atom. The Labute approximate surface area is 154 Å². The summed E-state index contributed by atoms with van der Waals surface area (Å²) in [5.41, 5.74) is -0.200. The summed E-state index contributed by atoms with van der Waals surface area (Å²) in [5, 5.41) is 2.59. The van der Waals surface area contributed by atoms with Crippen LogP contribution in [0.25, 0.3) is 0 Å². The lowest BCUT2D eigenvalue weighted by Gasteiger charge is -2.27. The Kier molecular flexibility index (Phi) is 6.72. The first-order chi connectivity index (χ1) is 11.7. The van der Waals surface area contributed by atoms with Gasteiger partial charge in [-0.05, 0) is 56.8 Å². The van der Waals surface area contributed by atoms with E-state index in [1.165, 1.54) is 0 Å². The Hall–Kier alpha value is -1.29. The largest absolute Gasteiger partial charge is 0.460 e. The quantitative estimate of drug-likeness (QED) is 0.492. The average molecular weight is 386 g/mol. The third-order valence-corrected chi connectivity index (χ3v) is 5.58. The standard InChI is InChI=1S/C18H25ClNO4P/c1-14-8-7-9-15(12-14)13-23-17(21)18(2,3)20-25(19,22)24-16-10-5-4-6-11-16/h5,7-11,14H,4,6,12-13H2,1-3H3,(H,20,22). The van der Waals surface area contributed by atoms with E-state index in [9.17, 15) is 9.36 Å². The van der Waals surface area contributed by atoms with Gasteiger partial charge in [0.1, 0.15) is 17.9 Å². The molecule has 2 unspecified atom stereocenters. The van der Waals surface area contributed by atoms with Crippen molar-refractivity contribution in [1.82, 2.24) is 5.09 Å². The molecule has 0 aromatic carbocycles. The second-order valence-electron chi connectivity index (χ2n) is 6.86. The van der Waals surface area contributed by atoms with Crippen LogP contribution < -0.4 is 5.09 Å². The van der Waals surface area contributed by atoms with Crippen molar-refractivity contribution >= 4 is 24.1 Å². The molecule has 0 aromatic rings.